The van der Waals surface area contributed by atoms with E-state index in [9.17, 15) is 24.3 Å². The van der Waals surface area contributed by atoms with E-state index in [-0.39, 0.29) is 40.0 Å². The lowest BCUT2D eigenvalue weighted by molar-refractivity contribution is -0.123. The number of carbonyl (C=O) groups excluding carboxylic acids is 4. The molecule has 3 aromatic carbocycles. The van der Waals surface area contributed by atoms with Gasteiger partial charge in [-0.1, -0.05) is 59.6 Å². The van der Waals surface area contributed by atoms with Crippen LogP contribution in [0.2, 0.25) is 5.02 Å². The first kappa shape index (κ1) is 28.5. The minimum atomic E-state index is -0.770. The van der Waals surface area contributed by atoms with Gasteiger partial charge in [0, 0.05) is 39.8 Å². The molecule has 0 aromatic heterocycles. The Labute approximate surface area is 266 Å². The van der Waals surface area contributed by atoms with Crippen molar-refractivity contribution in [2.45, 2.75) is 25.4 Å². The summed E-state index contributed by atoms with van der Waals surface area (Å²) < 4.78 is 6.05. The van der Waals surface area contributed by atoms with E-state index in [0.29, 0.717) is 46.2 Å². The van der Waals surface area contributed by atoms with Gasteiger partial charge in [0.1, 0.15) is 18.1 Å². The van der Waals surface area contributed by atoms with E-state index in [1.54, 1.807) is 36.4 Å². The lowest BCUT2D eigenvalue weighted by atomic mass is 9.59. The van der Waals surface area contributed by atoms with Gasteiger partial charge in [0.2, 0.25) is 11.8 Å². The molecule has 9 heteroatoms. The minimum absolute atomic E-state index is 0.0958. The molecular weight excluding hydrogens is 646 g/mol. The van der Waals surface area contributed by atoms with Crippen LogP contribution in [0.1, 0.15) is 29.9 Å². The molecule has 220 valence electrons. The number of halogens is 2. The third kappa shape index (κ3) is 4.64. The summed E-state index contributed by atoms with van der Waals surface area (Å²) in [5, 5.41) is 11.8. The Bertz CT molecular complexity index is 1840. The van der Waals surface area contributed by atoms with Crippen molar-refractivity contribution in [1.82, 2.24) is 0 Å². The smallest absolute Gasteiger partial charge is 0.238 e. The highest BCUT2D eigenvalue weighted by Gasteiger charge is 2.56. The number of ether oxygens (including phenoxy) is 1. The summed E-state index contributed by atoms with van der Waals surface area (Å²) in [4.78, 5) is 55.8. The van der Waals surface area contributed by atoms with E-state index in [0.717, 1.165) is 11.1 Å². The second-order valence-electron chi connectivity index (χ2n) is 11.4. The van der Waals surface area contributed by atoms with Gasteiger partial charge in [0.25, 0.3) is 0 Å². The van der Waals surface area contributed by atoms with Crippen LogP contribution in [0.4, 0.5) is 5.69 Å². The number of benzene rings is 3. The molecule has 4 aliphatic rings. The van der Waals surface area contributed by atoms with Crippen molar-refractivity contribution in [2.75, 3.05) is 4.90 Å². The van der Waals surface area contributed by atoms with Crippen LogP contribution in [-0.4, -0.2) is 28.5 Å². The Kier molecular flexibility index (Phi) is 7.14. The predicted molar refractivity (Wildman–Crippen MR) is 167 cm³/mol. The minimum Gasteiger partial charge on any atom is -0.507 e. The largest absolute Gasteiger partial charge is 0.507 e. The number of anilines is 1. The van der Waals surface area contributed by atoms with Crippen LogP contribution in [0.5, 0.6) is 11.5 Å². The zero-order valence-electron chi connectivity index (χ0n) is 23.2. The summed E-state index contributed by atoms with van der Waals surface area (Å²) >= 11 is 9.29. The highest BCUT2D eigenvalue weighted by molar-refractivity contribution is 9.12. The van der Waals surface area contributed by atoms with Crippen LogP contribution in [0.15, 0.2) is 106 Å². The van der Waals surface area contributed by atoms with Crippen molar-refractivity contribution in [3.63, 3.8) is 0 Å². The molecule has 4 atom stereocenters. The molecule has 1 saturated heterocycles. The Morgan fingerprint density at radius 1 is 0.932 bits per heavy atom. The lowest BCUT2D eigenvalue weighted by Gasteiger charge is -2.42. The van der Waals surface area contributed by atoms with Gasteiger partial charge in [-0.25, -0.2) is 0 Å². The second-order valence-corrected chi connectivity index (χ2v) is 12.7. The molecule has 1 heterocycles. The molecule has 1 N–H and O–H groups in total. The fraction of sp³-hybridized carbons (Fsp3) is 0.200. The van der Waals surface area contributed by atoms with Gasteiger partial charge < -0.3 is 9.84 Å². The second kappa shape index (κ2) is 11.0. The SMILES string of the molecule is O=C1C=C(Br)C(=O)C2=C1C(c1ccc(OCc3ccccc3)cc1O)C1=CCC3C(=O)N(c4ccc(Cl)cc4)C(=O)C3C1C2. The molecule has 3 aliphatic carbocycles. The zero-order chi connectivity index (χ0) is 30.7. The van der Waals surface area contributed by atoms with E-state index >= 15 is 0 Å². The van der Waals surface area contributed by atoms with Gasteiger partial charge in [0.15, 0.2) is 11.6 Å². The van der Waals surface area contributed by atoms with Gasteiger partial charge in [-0.2, -0.15) is 0 Å². The quantitative estimate of drug-likeness (QED) is 0.187. The van der Waals surface area contributed by atoms with Gasteiger partial charge in [-0.15, -0.1) is 0 Å². The van der Waals surface area contributed by atoms with Crippen molar-refractivity contribution in [2.24, 2.45) is 17.8 Å². The summed E-state index contributed by atoms with van der Waals surface area (Å²) in [5.41, 5.74) is 3.17. The third-order valence-corrected chi connectivity index (χ3v) is 9.82. The number of imide groups is 1. The summed E-state index contributed by atoms with van der Waals surface area (Å²) in [5.74, 6) is -3.59. The Balaban J connectivity index is 1.28. The van der Waals surface area contributed by atoms with Crippen LogP contribution in [-0.2, 0) is 25.8 Å². The maximum Gasteiger partial charge on any atom is 0.238 e. The molecule has 0 saturated carbocycles. The number of amides is 2. The van der Waals surface area contributed by atoms with Crippen molar-refractivity contribution in [3.05, 3.63) is 122 Å². The first-order valence-corrected chi connectivity index (χ1v) is 15.4. The van der Waals surface area contributed by atoms with E-state index in [2.05, 4.69) is 15.9 Å². The number of rotatable bonds is 5. The van der Waals surface area contributed by atoms with Crippen LogP contribution < -0.4 is 9.64 Å². The van der Waals surface area contributed by atoms with Crippen LogP contribution in [0, 0.1) is 17.8 Å². The topological polar surface area (TPSA) is 101 Å². The standard InChI is InChI=1S/C35H25BrClNO6/c36-27-16-29(40)32-26(33(27)41)15-25-22(12-13-24-31(25)35(43)38(34(24)42)20-8-6-19(37)7-9-20)30(32)23-11-10-21(14-28(23)39)44-17-18-4-2-1-3-5-18/h1-12,14,16,24-25,30-31,39H,13,15,17H2. The molecule has 7 nitrogen and oxygen atoms in total. The van der Waals surface area contributed by atoms with Crippen molar-refractivity contribution in [1.29, 1.82) is 0 Å². The molecule has 7 rings (SSSR count). The molecule has 0 spiro atoms. The maximum absolute atomic E-state index is 14.0. The molecule has 44 heavy (non-hydrogen) atoms. The Hall–Kier alpha value is -4.27. The number of fused-ring (bicyclic) bond motifs is 3. The van der Waals surface area contributed by atoms with E-state index < -0.39 is 23.7 Å². The third-order valence-electron chi connectivity index (χ3n) is 8.98. The van der Waals surface area contributed by atoms with Gasteiger partial charge in [-0.05, 0) is 70.6 Å². The average molecular weight is 671 g/mol. The fourth-order valence-corrected chi connectivity index (χ4v) is 7.58. The average Bonchev–Trinajstić information content (AvgIpc) is 3.28. The van der Waals surface area contributed by atoms with Crippen molar-refractivity contribution in [3.8, 4) is 11.5 Å². The molecule has 3 aromatic rings. The Morgan fingerprint density at radius 2 is 1.68 bits per heavy atom. The highest BCUT2D eigenvalue weighted by atomic mass is 79.9. The summed E-state index contributed by atoms with van der Waals surface area (Å²) in [6, 6.07) is 21.1. The Morgan fingerprint density at radius 3 is 2.41 bits per heavy atom. The number of nitrogens with zero attached hydrogens (tertiary/aromatic N) is 1. The number of hydrogen-bond acceptors (Lipinski definition) is 6. The van der Waals surface area contributed by atoms with E-state index in [1.807, 2.05) is 36.4 Å². The summed E-state index contributed by atoms with van der Waals surface area (Å²) in [7, 11) is 0. The monoisotopic (exact) mass is 669 g/mol. The number of allylic oxidation sites excluding steroid dienone is 6. The highest BCUT2D eigenvalue weighted by Crippen LogP contribution is 2.56. The molecule has 1 fully saturated rings. The van der Waals surface area contributed by atoms with Crippen molar-refractivity contribution >= 4 is 56.6 Å². The molecule has 0 radical (unpaired) electrons. The summed E-state index contributed by atoms with van der Waals surface area (Å²) in [6.07, 6.45) is 3.62. The van der Waals surface area contributed by atoms with Crippen LogP contribution >= 0.6 is 27.5 Å². The number of phenolic OH excluding ortho intramolecular Hbond substituents is 1. The number of aromatic hydroxyl groups is 1. The number of hydrogen-bond donors (Lipinski definition) is 1. The maximum atomic E-state index is 14.0. The number of phenols is 1. The lowest BCUT2D eigenvalue weighted by Crippen LogP contribution is -2.39. The summed E-state index contributed by atoms with van der Waals surface area (Å²) in [6.45, 7) is 0.306. The first-order chi connectivity index (χ1) is 21.2. The van der Waals surface area contributed by atoms with Crippen molar-refractivity contribution < 1.29 is 29.0 Å². The van der Waals surface area contributed by atoms with Crippen LogP contribution in [0.25, 0.3) is 0 Å². The number of Topliss-reactive ketones (excluding diaryl/α,β-unsaturated/α-hetero) is 1. The number of ketones is 2. The normalized spacial score (nSPS) is 24.5. The van der Waals surface area contributed by atoms with Gasteiger partial charge >= 0.3 is 0 Å². The predicted octanol–water partition coefficient (Wildman–Crippen LogP) is 6.59. The molecule has 1 aliphatic heterocycles. The molecular formula is C35H25BrClNO6. The molecule has 0 bridgehead atoms. The molecule has 4 unspecified atom stereocenters. The first-order valence-electron chi connectivity index (χ1n) is 14.2. The van der Waals surface area contributed by atoms with E-state index in [4.69, 9.17) is 16.3 Å². The molecule has 2 amide bonds. The fourth-order valence-electron chi connectivity index (χ4n) is 7.00. The number of carbonyl (C=O) groups is 4. The van der Waals surface area contributed by atoms with Crippen LogP contribution in [0.3, 0.4) is 0 Å². The van der Waals surface area contributed by atoms with E-state index in [1.165, 1.54) is 17.0 Å². The zero-order valence-corrected chi connectivity index (χ0v) is 25.5. The van der Waals surface area contributed by atoms with Gasteiger partial charge in [-0.3, -0.25) is 24.1 Å². The van der Waals surface area contributed by atoms with Gasteiger partial charge in [0.05, 0.1) is 22.0 Å².